The number of likely N-dealkylation sites (N-methyl/N-ethyl adjacent to an activating group) is 1. The van der Waals surface area contributed by atoms with Crippen molar-refractivity contribution < 1.29 is 35.9 Å². The van der Waals surface area contributed by atoms with E-state index in [9.17, 15) is 45.5 Å². The van der Waals surface area contributed by atoms with Crippen LogP contribution in [0.4, 0.5) is 32.0 Å². The largest absolute Gasteiger partial charge is 0.416 e. The lowest BCUT2D eigenvalue weighted by Crippen LogP contribution is -2.44. The Morgan fingerprint density at radius 3 is 2.11 bits per heavy atom. The van der Waals surface area contributed by atoms with Crippen LogP contribution in [0.15, 0.2) is 58.3 Å². The summed E-state index contributed by atoms with van der Waals surface area (Å²) in [5, 5.41) is 2.24. The van der Waals surface area contributed by atoms with E-state index in [2.05, 4.69) is 10.3 Å². The zero-order valence-corrected chi connectivity index (χ0v) is 18.6. The van der Waals surface area contributed by atoms with E-state index in [0.29, 0.717) is 12.1 Å². The molecule has 14 heteroatoms. The highest BCUT2D eigenvalue weighted by Crippen LogP contribution is 2.45. The third-order valence-electron chi connectivity index (χ3n) is 5.89. The summed E-state index contributed by atoms with van der Waals surface area (Å²) in [5.74, 6) is -3.28. The van der Waals surface area contributed by atoms with Crippen molar-refractivity contribution in [1.82, 2.24) is 14.9 Å². The highest BCUT2D eigenvalue weighted by Gasteiger charge is 2.45. The molecule has 0 fully saturated rings. The van der Waals surface area contributed by atoms with Crippen LogP contribution in [-0.4, -0.2) is 33.7 Å². The van der Waals surface area contributed by atoms with Crippen molar-refractivity contribution in [3.05, 3.63) is 97.3 Å². The molecule has 1 aliphatic heterocycles. The molecule has 1 aliphatic rings. The van der Waals surface area contributed by atoms with Crippen molar-refractivity contribution in [2.45, 2.75) is 24.3 Å². The van der Waals surface area contributed by atoms with Gasteiger partial charge < -0.3 is 15.2 Å². The molecule has 2 amide bonds. The van der Waals surface area contributed by atoms with E-state index in [4.69, 9.17) is 0 Å². The van der Waals surface area contributed by atoms with E-state index >= 15 is 0 Å². The van der Waals surface area contributed by atoms with Gasteiger partial charge in [0.05, 0.1) is 23.1 Å². The van der Waals surface area contributed by atoms with Crippen LogP contribution < -0.4 is 16.6 Å². The molecule has 0 saturated carbocycles. The second-order valence-electron chi connectivity index (χ2n) is 8.24. The Morgan fingerprint density at radius 2 is 1.54 bits per heavy atom. The minimum atomic E-state index is -5.16. The smallest absolute Gasteiger partial charge is 0.334 e. The fourth-order valence-electron chi connectivity index (χ4n) is 4.24. The first-order chi connectivity index (χ1) is 17.2. The topological polar surface area (TPSA) is 115 Å². The Morgan fingerprint density at radius 1 is 0.946 bits per heavy atom. The second-order valence-corrected chi connectivity index (χ2v) is 8.24. The third kappa shape index (κ3) is 4.86. The molecule has 0 aliphatic carbocycles. The lowest BCUT2D eigenvalue weighted by molar-refractivity contribution is -0.143. The van der Waals surface area contributed by atoms with Crippen molar-refractivity contribution >= 4 is 17.5 Å². The number of hydrogen-bond donors (Lipinski definition) is 3. The van der Waals surface area contributed by atoms with Crippen LogP contribution in [0.2, 0.25) is 0 Å². The van der Waals surface area contributed by atoms with Gasteiger partial charge in [0.1, 0.15) is 5.69 Å². The number of nitrogens with one attached hydrogen (secondary N) is 3. The highest BCUT2D eigenvalue weighted by atomic mass is 19.4. The molecule has 194 valence electrons. The molecule has 8 nitrogen and oxygen atoms in total. The fraction of sp³-hybridized carbons (Fsp3) is 0.217. The van der Waals surface area contributed by atoms with Crippen LogP contribution in [0.1, 0.15) is 44.6 Å². The fourth-order valence-corrected chi connectivity index (χ4v) is 4.24. The lowest BCUT2D eigenvalue weighted by atomic mass is 9.78. The number of carbonyl (C=O) groups is 2. The van der Waals surface area contributed by atoms with Gasteiger partial charge in [-0.3, -0.25) is 19.4 Å². The molecule has 2 aromatic carbocycles. The predicted octanol–water partition coefficient (Wildman–Crippen LogP) is 3.65. The standard InChI is InChI=1S/C23H16F6N4O4/c1-33-17(10-6-11(22(24,25)26)8-12(7-10)23(27,28)29)16(13-4-2-3-5-14(13)20(33)36)19(35)31-15-9-30-21(37)32-18(15)34/h2-9,16-17H,1H3,(H,31,35)(H2,30,32,34,37)/t16-,17+/m0/s1. The number of benzene rings is 2. The van der Waals surface area contributed by atoms with Gasteiger partial charge in [-0.2, -0.15) is 26.3 Å². The van der Waals surface area contributed by atoms with Gasteiger partial charge in [0.25, 0.3) is 11.5 Å². The maximum absolute atomic E-state index is 13.5. The molecule has 2 heterocycles. The number of alkyl halides is 6. The summed E-state index contributed by atoms with van der Waals surface area (Å²) < 4.78 is 81.3. The van der Waals surface area contributed by atoms with Gasteiger partial charge in [-0.05, 0) is 35.4 Å². The minimum absolute atomic E-state index is 0.000186. The van der Waals surface area contributed by atoms with Crippen molar-refractivity contribution in [3.63, 3.8) is 0 Å². The summed E-state index contributed by atoms with van der Waals surface area (Å²) in [6, 6.07) is 4.82. The number of aromatic amines is 2. The van der Waals surface area contributed by atoms with Crippen LogP contribution in [0.5, 0.6) is 0 Å². The maximum atomic E-state index is 13.5. The Balaban J connectivity index is 1.93. The zero-order valence-electron chi connectivity index (χ0n) is 18.6. The minimum Gasteiger partial charge on any atom is -0.334 e. The Kier molecular flexibility index (Phi) is 6.22. The predicted molar refractivity (Wildman–Crippen MR) is 117 cm³/mol. The summed E-state index contributed by atoms with van der Waals surface area (Å²) in [5.41, 5.74) is -6.11. The summed E-state index contributed by atoms with van der Waals surface area (Å²) in [4.78, 5) is 54.7. The quantitative estimate of drug-likeness (QED) is 0.452. The van der Waals surface area contributed by atoms with E-state index in [1.54, 1.807) is 0 Å². The summed E-state index contributed by atoms with van der Waals surface area (Å²) >= 11 is 0. The van der Waals surface area contributed by atoms with E-state index in [0.717, 1.165) is 18.1 Å². The molecular formula is C23H16F6N4O4. The molecule has 0 unspecified atom stereocenters. The molecule has 0 spiro atoms. The number of anilines is 1. The van der Waals surface area contributed by atoms with Gasteiger partial charge >= 0.3 is 18.0 Å². The molecule has 0 bridgehead atoms. The number of nitrogens with zero attached hydrogens (tertiary/aromatic N) is 1. The average molecular weight is 526 g/mol. The lowest BCUT2D eigenvalue weighted by Gasteiger charge is -2.40. The van der Waals surface area contributed by atoms with E-state index in [1.165, 1.54) is 24.3 Å². The number of hydrogen-bond acceptors (Lipinski definition) is 4. The molecule has 0 saturated heterocycles. The summed E-state index contributed by atoms with van der Waals surface area (Å²) in [7, 11) is 1.14. The van der Waals surface area contributed by atoms with Gasteiger partial charge in [-0.1, -0.05) is 18.2 Å². The summed E-state index contributed by atoms with van der Waals surface area (Å²) in [6.45, 7) is 0. The average Bonchev–Trinajstić information content (AvgIpc) is 2.81. The van der Waals surface area contributed by atoms with Crippen LogP contribution in [0.3, 0.4) is 0 Å². The Hall–Kier alpha value is -4.36. The van der Waals surface area contributed by atoms with Crippen LogP contribution in [-0.2, 0) is 17.1 Å². The number of aromatic nitrogens is 2. The Bertz CT molecular complexity index is 1480. The second kappa shape index (κ2) is 8.94. The first-order valence-electron chi connectivity index (χ1n) is 10.5. The van der Waals surface area contributed by atoms with Crippen molar-refractivity contribution in [2.24, 2.45) is 0 Å². The number of amides is 2. The van der Waals surface area contributed by atoms with Crippen molar-refractivity contribution in [1.29, 1.82) is 0 Å². The van der Waals surface area contributed by atoms with E-state index < -0.39 is 69.8 Å². The third-order valence-corrected chi connectivity index (χ3v) is 5.89. The van der Waals surface area contributed by atoms with Crippen molar-refractivity contribution in [2.75, 3.05) is 12.4 Å². The SMILES string of the molecule is CN1C(=O)c2ccccc2[C@H](C(=O)Nc2c[nH]c(=O)[nH]c2=O)[C@H]1c1cc(C(F)(F)F)cc(C(F)(F)F)c1. The molecule has 1 aromatic heterocycles. The van der Waals surface area contributed by atoms with Gasteiger partial charge in [0, 0.05) is 18.8 Å². The number of halogens is 6. The van der Waals surface area contributed by atoms with Crippen LogP contribution >= 0.6 is 0 Å². The van der Waals surface area contributed by atoms with E-state index in [-0.39, 0.29) is 17.2 Å². The van der Waals surface area contributed by atoms with Gasteiger partial charge in [-0.25, -0.2) is 4.79 Å². The molecule has 2 atom stereocenters. The number of fused-ring (bicyclic) bond motifs is 1. The molecule has 3 aromatic rings. The Labute approximate surface area is 202 Å². The van der Waals surface area contributed by atoms with Gasteiger partial charge in [-0.15, -0.1) is 0 Å². The van der Waals surface area contributed by atoms with Gasteiger partial charge in [0.15, 0.2) is 0 Å². The molecular weight excluding hydrogens is 510 g/mol. The van der Waals surface area contributed by atoms with E-state index in [1.807, 2.05) is 4.98 Å². The van der Waals surface area contributed by atoms with Crippen LogP contribution in [0, 0.1) is 0 Å². The molecule has 37 heavy (non-hydrogen) atoms. The molecule has 3 N–H and O–H groups in total. The molecule has 0 radical (unpaired) electrons. The van der Waals surface area contributed by atoms with Gasteiger partial charge in [0.2, 0.25) is 5.91 Å². The maximum Gasteiger partial charge on any atom is 0.416 e. The summed E-state index contributed by atoms with van der Waals surface area (Å²) in [6.07, 6.45) is -9.44. The first kappa shape index (κ1) is 25.7. The highest BCUT2D eigenvalue weighted by molar-refractivity contribution is 6.04. The number of carbonyl (C=O) groups excluding carboxylic acids is 2. The number of rotatable bonds is 3. The van der Waals surface area contributed by atoms with Crippen LogP contribution in [0.25, 0.3) is 0 Å². The number of H-pyrrole nitrogens is 2. The zero-order chi connectivity index (χ0) is 27.3. The normalized spacial score (nSPS) is 17.9. The molecule has 4 rings (SSSR count). The monoisotopic (exact) mass is 526 g/mol. The first-order valence-corrected chi connectivity index (χ1v) is 10.5. The van der Waals surface area contributed by atoms with Crippen molar-refractivity contribution in [3.8, 4) is 0 Å².